The number of aromatic nitrogens is 1. The van der Waals surface area contributed by atoms with Crippen LogP contribution in [0, 0.1) is 11.6 Å². The lowest BCUT2D eigenvalue weighted by Crippen LogP contribution is -2.39. The first-order valence-electron chi connectivity index (χ1n) is 11.1. The van der Waals surface area contributed by atoms with Crippen LogP contribution in [-0.4, -0.2) is 4.57 Å². The van der Waals surface area contributed by atoms with Gasteiger partial charge in [-0.15, -0.1) is 11.3 Å². The Morgan fingerprint density at radius 1 is 0.853 bits per heavy atom. The maximum Gasteiger partial charge on any atom is 0.185 e. The fourth-order valence-corrected chi connectivity index (χ4v) is 5.82. The van der Waals surface area contributed by atoms with Gasteiger partial charge in [0.15, 0.2) is 4.80 Å². The quantitative estimate of drug-likeness (QED) is 0.250. The van der Waals surface area contributed by atoms with Crippen molar-refractivity contribution in [3.8, 4) is 0 Å². The maximum atomic E-state index is 13.5. The standard InChI is InChI=1S/C27H22Cl2F2N2S/c28-23-11-6-20(14-24(23)29)27(12-1-13-27)25-17-34-26(32-15-18-2-7-21(30)8-3-18)33(25)16-19-4-9-22(31)10-5-19/h2-11,14,17H,1,12-13,15-16H2. The molecule has 34 heavy (non-hydrogen) atoms. The Bertz CT molecular complexity index is 1370. The average Bonchev–Trinajstić information content (AvgIpc) is 3.19. The van der Waals surface area contributed by atoms with Crippen LogP contribution in [0.5, 0.6) is 0 Å². The lowest BCUT2D eigenvalue weighted by Gasteiger charge is -2.43. The predicted octanol–water partition coefficient (Wildman–Crippen LogP) is 7.75. The monoisotopic (exact) mass is 514 g/mol. The molecule has 1 saturated carbocycles. The molecule has 0 spiro atoms. The van der Waals surface area contributed by atoms with Gasteiger partial charge in [-0.05, 0) is 65.9 Å². The van der Waals surface area contributed by atoms with E-state index in [-0.39, 0.29) is 17.0 Å². The van der Waals surface area contributed by atoms with Crippen LogP contribution < -0.4 is 4.80 Å². The third-order valence-corrected chi connectivity index (χ3v) is 8.17. The molecule has 7 heteroatoms. The number of hydrogen-bond donors (Lipinski definition) is 0. The number of nitrogens with zero attached hydrogens (tertiary/aromatic N) is 2. The van der Waals surface area contributed by atoms with Gasteiger partial charge in [0.25, 0.3) is 0 Å². The molecule has 4 aromatic rings. The molecule has 0 amide bonds. The van der Waals surface area contributed by atoms with Crippen molar-refractivity contribution < 1.29 is 8.78 Å². The molecule has 0 unspecified atom stereocenters. The lowest BCUT2D eigenvalue weighted by atomic mass is 9.62. The molecule has 1 heterocycles. The van der Waals surface area contributed by atoms with E-state index in [9.17, 15) is 8.78 Å². The number of hydrogen-bond acceptors (Lipinski definition) is 2. The minimum absolute atomic E-state index is 0.172. The van der Waals surface area contributed by atoms with Gasteiger partial charge in [0, 0.05) is 16.5 Å². The zero-order chi connectivity index (χ0) is 23.7. The Morgan fingerprint density at radius 3 is 2.09 bits per heavy atom. The topological polar surface area (TPSA) is 17.3 Å². The van der Waals surface area contributed by atoms with E-state index in [1.54, 1.807) is 35.6 Å². The van der Waals surface area contributed by atoms with Crippen molar-refractivity contribution in [1.82, 2.24) is 4.57 Å². The summed E-state index contributed by atoms with van der Waals surface area (Å²) in [6.45, 7) is 1.02. The van der Waals surface area contributed by atoms with Gasteiger partial charge in [-0.2, -0.15) is 0 Å². The van der Waals surface area contributed by atoms with Crippen molar-refractivity contribution >= 4 is 34.5 Å². The van der Waals surface area contributed by atoms with Gasteiger partial charge in [0.05, 0.1) is 23.1 Å². The molecule has 1 aromatic heterocycles. The Morgan fingerprint density at radius 2 is 1.50 bits per heavy atom. The smallest absolute Gasteiger partial charge is 0.185 e. The predicted molar refractivity (Wildman–Crippen MR) is 135 cm³/mol. The van der Waals surface area contributed by atoms with Gasteiger partial charge in [0.1, 0.15) is 11.6 Å². The number of rotatable bonds is 6. The van der Waals surface area contributed by atoms with E-state index in [1.807, 2.05) is 12.1 Å². The second-order valence-corrected chi connectivity index (χ2v) is 10.3. The maximum absolute atomic E-state index is 13.5. The van der Waals surface area contributed by atoms with Crippen LogP contribution in [0.4, 0.5) is 8.78 Å². The van der Waals surface area contributed by atoms with Gasteiger partial charge < -0.3 is 4.57 Å². The molecule has 5 rings (SSSR count). The molecule has 0 radical (unpaired) electrons. The molecule has 0 aliphatic heterocycles. The van der Waals surface area contributed by atoms with Gasteiger partial charge in [0.2, 0.25) is 0 Å². The fraction of sp³-hybridized carbons (Fsp3) is 0.222. The summed E-state index contributed by atoms with van der Waals surface area (Å²) >= 11 is 14.2. The molecule has 2 nitrogen and oxygen atoms in total. The highest BCUT2D eigenvalue weighted by atomic mass is 35.5. The average molecular weight is 515 g/mol. The Balaban J connectivity index is 1.59. The molecular formula is C27H22Cl2F2N2S. The van der Waals surface area contributed by atoms with E-state index in [4.69, 9.17) is 28.2 Å². The molecule has 1 aliphatic rings. The van der Waals surface area contributed by atoms with E-state index in [0.717, 1.165) is 40.8 Å². The number of halogens is 4. The van der Waals surface area contributed by atoms with E-state index < -0.39 is 0 Å². The SMILES string of the molecule is Fc1ccc(CN=c2scc(C3(c4ccc(Cl)c(Cl)c4)CCC3)n2Cc2ccc(F)cc2)cc1. The van der Waals surface area contributed by atoms with Gasteiger partial charge in [-0.1, -0.05) is 60.0 Å². The highest BCUT2D eigenvalue weighted by Crippen LogP contribution is 2.50. The third-order valence-electron chi connectivity index (χ3n) is 6.53. The molecule has 3 aromatic carbocycles. The first kappa shape index (κ1) is 23.3. The summed E-state index contributed by atoms with van der Waals surface area (Å²) in [5.74, 6) is -0.520. The van der Waals surface area contributed by atoms with Crippen molar-refractivity contribution in [2.75, 3.05) is 0 Å². The molecule has 1 aliphatic carbocycles. The summed E-state index contributed by atoms with van der Waals surface area (Å²) in [6.07, 6.45) is 3.12. The summed E-state index contributed by atoms with van der Waals surface area (Å²) in [7, 11) is 0. The van der Waals surface area contributed by atoms with Crippen LogP contribution in [-0.2, 0) is 18.5 Å². The second kappa shape index (κ2) is 9.65. The van der Waals surface area contributed by atoms with Crippen molar-refractivity contribution in [3.05, 3.63) is 121 Å². The summed E-state index contributed by atoms with van der Waals surface area (Å²) in [5.41, 5.74) is 4.07. The molecular weight excluding hydrogens is 493 g/mol. The lowest BCUT2D eigenvalue weighted by molar-refractivity contribution is 0.284. The van der Waals surface area contributed by atoms with E-state index in [0.29, 0.717) is 23.1 Å². The molecule has 0 saturated heterocycles. The van der Waals surface area contributed by atoms with Gasteiger partial charge in [-0.3, -0.25) is 4.99 Å². The number of thiazole rings is 1. The molecule has 1 fully saturated rings. The fourth-order valence-electron chi connectivity index (χ4n) is 4.52. The van der Waals surface area contributed by atoms with E-state index in [1.165, 1.54) is 30.0 Å². The van der Waals surface area contributed by atoms with Crippen LogP contribution in [0.25, 0.3) is 0 Å². The molecule has 0 bridgehead atoms. The Labute approximate surface area is 211 Å². The normalized spacial score (nSPS) is 15.4. The Kier molecular flexibility index (Phi) is 6.61. The van der Waals surface area contributed by atoms with Crippen molar-refractivity contribution in [2.45, 2.75) is 37.8 Å². The van der Waals surface area contributed by atoms with Crippen molar-refractivity contribution in [1.29, 1.82) is 0 Å². The largest absolute Gasteiger partial charge is 0.316 e. The summed E-state index contributed by atoms with van der Waals surface area (Å²) in [4.78, 5) is 5.75. The summed E-state index contributed by atoms with van der Waals surface area (Å²) in [6, 6.07) is 18.9. The highest BCUT2D eigenvalue weighted by molar-refractivity contribution is 7.07. The van der Waals surface area contributed by atoms with E-state index in [2.05, 4.69) is 16.0 Å². The van der Waals surface area contributed by atoms with Crippen LogP contribution in [0.1, 0.15) is 41.6 Å². The second-order valence-electron chi connectivity index (χ2n) is 8.62. The Hall–Kier alpha value is -2.47. The summed E-state index contributed by atoms with van der Waals surface area (Å²) < 4.78 is 29.1. The minimum atomic E-state index is -0.262. The first-order valence-corrected chi connectivity index (χ1v) is 12.7. The van der Waals surface area contributed by atoms with Crippen LogP contribution >= 0.6 is 34.5 Å². The van der Waals surface area contributed by atoms with Crippen molar-refractivity contribution in [2.24, 2.45) is 4.99 Å². The molecule has 0 N–H and O–H groups in total. The van der Waals surface area contributed by atoms with Gasteiger partial charge >= 0.3 is 0 Å². The van der Waals surface area contributed by atoms with E-state index >= 15 is 0 Å². The van der Waals surface area contributed by atoms with Crippen LogP contribution in [0.3, 0.4) is 0 Å². The van der Waals surface area contributed by atoms with Gasteiger partial charge in [-0.25, -0.2) is 8.78 Å². The summed E-state index contributed by atoms with van der Waals surface area (Å²) in [5, 5.41) is 3.26. The number of benzene rings is 3. The first-order chi connectivity index (χ1) is 16.4. The molecule has 0 atom stereocenters. The minimum Gasteiger partial charge on any atom is -0.316 e. The van der Waals surface area contributed by atoms with Crippen LogP contribution in [0.15, 0.2) is 77.1 Å². The third kappa shape index (κ3) is 4.57. The zero-order valence-electron chi connectivity index (χ0n) is 18.3. The highest BCUT2D eigenvalue weighted by Gasteiger charge is 2.43. The zero-order valence-corrected chi connectivity index (χ0v) is 20.6. The van der Waals surface area contributed by atoms with Crippen LogP contribution in [0.2, 0.25) is 10.0 Å². The van der Waals surface area contributed by atoms with Crippen molar-refractivity contribution in [3.63, 3.8) is 0 Å². The molecule has 174 valence electrons.